The Morgan fingerprint density at radius 3 is 2.64 bits per heavy atom. The lowest BCUT2D eigenvalue weighted by molar-refractivity contribution is 0.00787. The molecule has 0 aliphatic rings. The number of nitrogens with two attached hydrogens (primary N) is 1. The van der Waals surface area contributed by atoms with E-state index in [1.54, 1.807) is 7.11 Å². The Balaban J connectivity index is 3.83. The zero-order chi connectivity index (χ0) is 11.0. The van der Waals surface area contributed by atoms with Gasteiger partial charge in [0.05, 0.1) is 5.60 Å². The van der Waals surface area contributed by atoms with Crippen molar-refractivity contribution in [3.63, 3.8) is 0 Å². The van der Waals surface area contributed by atoms with Gasteiger partial charge in [0.15, 0.2) is 0 Å². The summed E-state index contributed by atoms with van der Waals surface area (Å²) in [7, 11) is 1.73. The van der Waals surface area contributed by atoms with Crippen molar-refractivity contribution in [3.8, 4) is 0 Å². The molecule has 0 aromatic carbocycles. The predicted octanol–water partition coefficient (Wildman–Crippen LogP) is 1.29. The number of hydrogen-bond acceptors (Lipinski definition) is 3. The summed E-state index contributed by atoms with van der Waals surface area (Å²) >= 11 is 0. The molecule has 3 nitrogen and oxygen atoms in total. The van der Waals surface area contributed by atoms with Gasteiger partial charge in [-0.15, -0.1) is 6.58 Å². The molecule has 0 aromatic heterocycles. The van der Waals surface area contributed by atoms with Crippen LogP contribution in [0.15, 0.2) is 12.7 Å². The van der Waals surface area contributed by atoms with Crippen LogP contribution in [0.4, 0.5) is 0 Å². The van der Waals surface area contributed by atoms with Gasteiger partial charge in [-0.1, -0.05) is 6.08 Å². The van der Waals surface area contributed by atoms with Crippen molar-refractivity contribution in [1.82, 2.24) is 5.32 Å². The fourth-order valence-electron chi connectivity index (χ4n) is 1.31. The lowest BCUT2D eigenvalue weighted by Crippen LogP contribution is -2.42. The second-order valence-electron chi connectivity index (χ2n) is 4.13. The normalized spacial score (nSPS) is 14.0. The van der Waals surface area contributed by atoms with Crippen molar-refractivity contribution in [2.24, 2.45) is 5.73 Å². The fourth-order valence-corrected chi connectivity index (χ4v) is 1.31. The summed E-state index contributed by atoms with van der Waals surface area (Å²) in [5.74, 6) is 0. The van der Waals surface area contributed by atoms with E-state index in [4.69, 9.17) is 10.5 Å². The van der Waals surface area contributed by atoms with Crippen LogP contribution in [-0.4, -0.2) is 31.8 Å². The summed E-state index contributed by atoms with van der Waals surface area (Å²) in [6.45, 7) is 9.41. The van der Waals surface area contributed by atoms with Gasteiger partial charge >= 0.3 is 0 Å². The standard InChI is InChI=1S/C11H24N2O/c1-5-6-7-13-10(9-12)8-11(2,3)14-4/h5,10,13H,1,6-9,12H2,2-4H3. The third kappa shape index (κ3) is 6.13. The molecule has 14 heavy (non-hydrogen) atoms. The molecule has 1 atom stereocenters. The molecule has 0 rings (SSSR count). The minimum atomic E-state index is -0.106. The van der Waals surface area contributed by atoms with Crippen LogP contribution >= 0.6 is 0 Å². The second kappa shape index (κ2) is 6.98. The maximum Gasteiger partial charge on any atom is 0.0638 e. The monoisotopic (exact) mass is 200 g/mol. The van der Waals surface area contributed by atoms with Crippen LogP contribution in [-0.2, 0) is 4.74 Å². The van der Waals surface area contributed by atoms with E-state index in [1.807, 2.05) is 6.08 Å². The van der Waals surface area contributed by atoms with Gasteiger partial charge in [-0.25, -0.2) is 0 Å². The van der Waals surface area contributed by atoms with Gasteiger partial charge in [-0.2, -0.15) is 0 Å². The topological polar surface area (TPSA) is 47.3 Å². The predicted molar refractivity (Wildman–Crippen MR) is 61.4 cm³/mol. The quantitative estimate of drug-likeness (QED) is 0.458. The average molecular weight is 200 g/mol. The Morgan fingerprint density at radius 2 is 2.21 bits per heavy atom. The highest BCUT2D eigenvalue weighted by Gasteiger charge is 2.21. The smallest absolute Gasteiger partial charge is 0.0638 e. The van der Waals surface area contributed by atoms with E-state index >= 15 is 0 Å². The molecular formula is C11H24N2O. The third-order valence-corrected chi connectivity index (χ3v) is 2.36. The Kier molecular flexibility index (Phi) is 6.79. The second-order valence-corrected chi connectivity index (χ2v) is 4.13. The summed E-state index contributed by atoms with van der Waals surface area (Å²) in [6.07, 6.45) is 3.81. The molecule has 84 valence electrons. The Bertz CT molecular complexity index is 157. The van der Waals surface area contributed by atoms with Crippen molar-refractivity contribution in [3.05, 3.63) is 12.7 Å². The summed E-state index contributed by atoms with van der Waals surface area (Å²) < 4.78 is 5.36. The number of hydrogen-bond donors (Lipinski definition) is 2. The number of ether oxygens (including phenoxy) is 1. The molecule has 0 spiro atoms. The largest absolute Gasteiger partial charge is 0.379 e. The zero-order valence-electron chi connectivity index (χ0n) is 9.68. The highest BCUT2D eigenvalue weighted by Crippen LogP contribution is 2.14. The lowest BCUT2D eigenvalue weighted by Gasteiger charge is -2.28. The minimum absolute atomic E-state index is 0.106. The average Bonchev–Trinajstić information content (AvgIpc) is 2.16. The van der Waals surface area contributed by atoms with E-state index in [0.717, 1.165) is 19.4 Å². The van der Waals surface area contributed by atoms with Gasteiger partial charge < -0.3 is 15.8 Å². The van der Waals surface area contributed by atoms with E-state index < -0.39 is 0 Å². The summed E-state index contributed by atoms with van der Waals surface area (Å²) in [4.78, 5) is 0. The molecule has 0 saturated carbocycles. The van der Waals surface area contributed by atoms with Gasteiger partial charge in [0.2, 0.25) is 0 Å². The van der Waals surface area contributed by atoms with Crippen molar-refractivity contribution in [2.45, 2.75) is 38.3 Å². The highest BCUT2D eigenvalue weighted by molar-refractivity contribution is 4.80. The van der Waals surface area contributed by atoms with E-state index in [9.17, 15) is 0 Å². The molecular weight excluding hydrogens is 176 g/mol. The first-order valence-corrected chi connectivity index (χ1v) is 5.15. The van der Waals surface area contributed by atoms with Crippen LogP contribution in [0.1, 0.15) is 26.7 Å². The van der Waals surface area contributed by atoms with Crippen molar-refractivity contribution >= 4 is 0 Å². The first-order chi connectivity index (χ1) is 6.55. The van der Waals surface area contributed by atoms with Crippen LogP contribution in [0.2, 0.25) is 0 Å². The Labute approximate surface area is 87.7 Å². The molecule has 0 radical (unpaired) electrons. The summed E-state index contributed by atoms with van der Waals surface area (Å²) in [5, 5.41) is 3.38. The lowest BCUT2D eigenvalue weighted by atomic mass is 9.99. The molecule has 0 aromatic rings. The first kappa shape index (κ1) is 13.6. The van der Waals surface area contributed by atoms with E-state index in [1.165, 1.54) is 0 Å². The third-order valence-electron chi connectivity index (χ3n) is 2.36. The van der Waals surface area contributed by atoms with E-state index in [0.29, 0.717) is 12.6 Å². The Hall–Kier alpha value is -0.380. The molecule has 0 heterocycles. The van der Waals surface area contributed by atoms with Crippen LogP contribution < -0.4 is 11.1 Å². The Morgan fingerprint density at radius 1 is 1.57 bits per heavy atom. The number of rotatable bonds is 8. The maximum absolute atomic E-state index is 5.67. The van der Waals surface area contributed by atoms with E-state index in [2.05, 4.69) is 25.7 Å². The molecule has 3 heteroatoms. The number of methoxy groups -OCH3 is 1. The molecule has 0 bridgehead atoms. The molecule has 0 fully saturated rings. The zero-order valence-corrected chi connectivity index (χ0v) is 9.68. The number of nitrogens with one attached hydrogen (secondary N) is 1. The summed E-state index contributed by atoms with van der Waals surface area (Å²) in [5.41, 5.74) is 5.57. The van der Waals surface area contributed by atoms with E-state index in [-0.39, 0.29) is 5.60 Å². The van der Waals surface area contributed by atoms with Gasteiger partial charge in [0.1, 0.15) is 0 Å². The van der Waals surface area contributed by atoms with Gasteiger partial charge in [0, 0.05) is 19.7 Å². The fraction of sp³-hybridized carbons (Fsp3) is 0.818. The SMILES string of the molecule is C=CCCNC(CN)CC(C)(C)OC. The van der Waals surface area contributed by atoms with Crippen LogP contribution in [0.3, 0.4) is 0 Å². The molecule has 0 aliphatic carbocycles. The van der Waals surface area contributed by atoms with Crippen LogP contribution in [0, 0.1) is 0 Å². The van der Waals surface area contributed by atoms with Crippen molar-refractivity contribution < 1.29 is 4.74 Å². The van der Waals surface area contributed by atoms with Crippen LogP contribution in [0.5, 0.6) is 0 Å². The van der Waals surface area contributed by atoms with Crippen molar-refractivity contribution in [1.29, 1.82) is 0 Å². The van der Waals surface area contributed by atoms with Gasteiger partial charge in [0.25, 0.3) is 0 Å². The van der Waals surface area contributed by atoms with Gasteiger partial charge in [-0.3, -0.25) is 0 Å². The highest BCUT2D eigenvalue weighted by atomic mass is 16.5. The van der Waals surface area contributed by atoms with Gasteiger partial charge in [-0.05, 0) is 33.2 Å². The molecule has 0 aliphatic heterocycles. The van der Waals surface area contributed by atoms with Crippen molar-refractivity contribution in [2.75, 3.05) is 20.2 Å². The first-order valence-electron chi connectivity index (χ1n) is 5.15. The molecule has 0 amide bonds. The van der Waals surface area contributed by atoms with Crippen LogP contribution in [0.25, 0.3) is 0 Å². The minimum Gasteiger partial charge on any atom is -0.379 e. The molecule has 0 saturated heterocycles. The maximum atomic E-state index is 5.67. The summed E-state index contributed by atoms with van der Waals surface area (Å²) in [6, 6.07) is 0.324. The molecule has 3 N–H and O–H groups in total. The molecule has 1 unspecified atom stereocenters.